The monoisotopic (exact) mass is 383 g/mol. The fourth-order valence-corrected chi connectivity index (χ4v) is 3.03. The highest BCUT2D eigenvalue weighted by atomic mass is 35.5. The van der Waals surface area contributed by atoms with Crippen LogP contribution in [0.2, 0.25) is 5.02 Å². The third-order valence-corrected chi connectivity index (χ3v) is 4.71. The smallest absolute Gasteiger partial charge is 0.407 e. The number of hydrogen-bond donors (Lipinski definition) is 2. The lowest BCUT2D eigenvalue weighted by Crippen LogP contribution is -2.48. The zero-order valence-electron chi connectivity index (χ0n) is 14.4. The number of rotatable bonds is 5. The van der Waals surface area contributed by atoms with Crippen molar-refractivity contribution in [3.05, 3.63) is 64.7 Å². The zero-order chi connectivity index (χ0) is 19.2. The summed E-state index contributed by atoms with van der Waals surface area (Å²) in [5, 5.41) is 14.7. The van der Waals surface area contributed by atoms with Crippen LogP contribution in [0.25, 0.3) is 0 Å². The Bertz CT molecular complexity index is 874. The highest BCUT2D eigenvalue weighted by Crippen LogP contribution is 2.29. The Morgan fingerprint density at radius 1 is 1.19 bits per heavy atom. The molecule has 3 rings (SSSR count). The van der Waals surface area contributed by atoms with E-state index in [2.05, 4.69) is 10.6 Å². The molecule has 0 saturated heterocycles. The molecule has 2 aromatic rings. The molecule has 1 aliphatic rings. The van der Waals surface area contributed by atoms with Gasteiger partial charge in [-0.2, -0.15) is 5.26 Å². The first-order valence-electron chi connectivity index (χ1n) is 8.53. The molecule has 0 radical (unpaired) electrons. The van der Waals surface area contributed by atoms with Gasteiger partial charge in [-0.25, -0.2) is 4.79 Å². The highest BCUT2D eigenvalue weighted by Gasteiger charge is 2.35. The molecule has 2 amide bonds. The van der Waals surface area contributed by atoms with Gasteiger partial charge in [-0.3, -0.25) is 4.79 Å². The minimum atomic E-state index is -0.485. The summed E-state index contributed by atoms with van der Waals surface area (Å²) in [6, 6.07) is 16.1. The number of nitriles is 1. The molecule has 2 N–H and O–H groups in total. The Hall–Kier alpha value is -3.04. The average Bonchev–Trinajstić information content (AvgIpc) is 2.63. The summed E-state index contributed by atoms with van der Waals surface area (Å²) in [6.45, 7) is 0.211. The number of hydrogen-bond acceptors (Lipinski definition) is 4. The normalized spacial score (nSPS) is 17.9. The molecule has 0 aliphatic heterocycles. The molecular formula is C20H18ClN3O3. The number of nitrogens with one attached hydrogen (secondary N) is 2. The van der Waals surface area contributed by atoms with Gasteiger partial charge in [0, 0.05) is 17.6 Å². The van der Waals surface area contributed by atoms with E-state index in [9.17, 15) is 9.59 Å². The number of benzene rings is 2. The summed E-state index contributed by atoms with van der Waals surface area (Å²) in [6.07, 6.45) is 0.619. The maximum Gasteiger partial charge on any atom is 0.407 e. The van der Waals surface area contributed by atoms with E-state index in [-0.39, 0.29) is 24.5 Å². The van der Waals surface area contributed by atoms with Crippen LogP contribution < -0.4 is 10.6 Å². The van der Waals surface area contributed by atoms with Crippen molar-refractivity contribution in [2.75, 3.05) is 5.32 Å². The standard InChI is InChI=1S/C20H18ClN3O3/c21-18-10-16(7-6-14(18)11-22)23-19(25)15-8-17(9-15)24-20(26)27-12-13-4-2-1-3-5-13/h1-7,10,15,17H,8-9,12H2,(H,23,25)(H,24,26). The molecule has 1 saturated carbocycles. The minimum Gasteiger partial charge on any atom is -0.445 e. The van der Waals surface area contributed by atoms with Gasteiger partial charge in [0.25, 0.3) is 0 Å². The van der Waals surface area contributed by atoms with Crippen molar-refractivity contribution in [3.63, 3.8) is 0 Å². The third kappa shape index (κ3) is 4.99. The lowest BCUT2D eigenvalue weighted by molar-refractivity contribution is -0.122. The number of carbonyl (C=O) groups excluding carboxylic acids is 2. The van der Waals surface area contributed by atoms with E-state index in [1.165, 1.54) is 0 Å². The first-order chi connectivity index (χ1) is 13.0. The molecule has 0 bridgehead atoms. The van der Waals surface area contributed by atoms with Gasteiger partial charge in [0.05, 0.1) is 10.6 Å². The highest BCUT2D eigenvalue weighted by molar-refractivity contribution is 6.32. The van der Waals surface area contributed by atoms with Crippen molar-refractivity contribution in [2.45, 2.75) is 25.5 Å². The van der Waals surface area contributed by atoms with Crippen molar-refractivity contribution < 1.29 is 14.3 Å². The molecule has 0 unspecified atom stereocenters. The second-order valence-electron chi connectivity index (χ2n) is 6.37. The number of amides is 2. The Morgan fingerprint density at radius 2 is 1.93 bits per heavy atom. The van der Waals surface area contributed by atoms with Crippen LogP contribution in [0.5, 0.6) is 0 Å². The Labute approximate surface area is 162 Å². The summed E-state index contributed by atoms with van der Waals surface area (Å²) in [5.41, 5.74) is 1.82. The lowest BCUT2D eigenvalue weighted by Gasteiger charge is -2.34. The van der Waals surface area contributed by atoms with E-state index >= 15 is 0 Å². The molecule has 0 spiro atoms. The minimum absolute atomic E-state index is 0.0754. The third-order valence-electron chi connectivity index (χ3n) is 4.40. The van der Waals surface area contributed by atoms with Crippen LogP contribution in [-0.4, -0.2) is 18.0 Å². The Morgan fingerprint density at radius 3 is 2.59 bits per heavy atom. The largest absolute Gasteiger partial charge is 0.445 e. The van der Waals surface area contributed by atoms with Crippen LogP contribution in [0.3, 0.4) is 0 Å². The lowest BCUT2D eigenvalue weighted by atomic mass is 9.79. The Kier molecular flexibility index (Phi) is 5.94. The van der Waals surface area contributed by atoms with Gasteiger partial charge in [0.2, 0.25) is 5.91 Å². The number of ether oxygens (including phenoxy) is 1. The van der Waals surface area contributed by atoms with Gasteiger partial charge in [0.1, 0.15) is 12.7 Å². The molecular weight excluding hydrogens is 366 g/mol. The number of anilines is 1. The molecule has 1 fully saturated rings. The summed E-state index contributed by atoms with van der Waals surface area (Å²) < 4.78 is 5.17. The maximum absolute atomic E-state index is 12.2. The molecule has 27 heavy (non-hydrogen) atoms. The maximum atomic E-state index is 12.2. The fraction of sp³-hybridized carbons (Fsp3) is 0.250. The second kappa shape index (κ2) is 8.56. The van der Waals surface area contributed by atoms with Gasteiger partial charge < -0.3 is 15.4 Å². The van der Waals surface area contributed by atoms with Crippen molar-refractivity contribution in [1.29, 1.82) is 5.26 Å². The predicted octanol–water partition coefficient (Wildman–Crippen LogP) is 3.86. The van der Waals surface area contributed by atoms with Gasteiger partial charge in [0.15, 0.2) is 0 Å². The van der Waals surface area contributed by atoms with Crippen molar-refractivity contribution in [2.24, 2.45) is 5.92 Å². The SMILES string of the molecule is N#Cc1ccc(NC(=O)C2CC(NC(=O)OCc3ccccc3)C2)cc1Cl. The quantitative estimate of drug-likeness (QED) is 0.820. The summed E-state index contributed by atoms with van der Waals surface area (Å²) in [4.78, 5) is 24.0. The van der Waals surface area contributed by atoms with E-state index in [1.54, 1.807) is 18.2 Å². The number of carbonyl (C=O) groups is 2. The van der Waals surface area contributed by atoms with Gasteiger partial charge in [-0.1, -0.05) is 41.9 Å². The van der Waals surface area contributed by atoms with Crippen molar-refractivity contribution >= 4 is 29.3 Å². The summed E-state index contributed by atoms with van der Waals surface area (Å²) in [5.74, 6) is -0.315. The van der Waals surface area contributed by atoms with E-state index in [0.29, 0.717) is 29.1 Å². The molecule has 6 nitrogen and oxygen atoms in total. The second-order valence-corrected chi connectivity index (χ2v) is 6.77. The number of nitrogens with zero attached hydrogens (tertiary/aromatic N) is 1. The van der Waals surface area contributed by atoms with E-state index in [4.69, 9.17) is 21.6 Å². The molecule has 0 heterocycles. The van der Waals surface area contributed by atoms with Crippen molar-refractivity contribution in [3.8, 4) is 6.07 Å². The van der Waals surface area contributed by atoms with E-state index in [1.807, 2.05) is 36.4 Å². The number of halogens is 1. The molecule has 7 heteroatoms. The molecule has 1 aliphatic carbocycles. The van der Waals surface area contributed by atoms with Crippen molar-refractivity contribution in [1.82, 2.24) is 5.32 Å². The molecule has 0 aromatic heterocycles. The topological polar surface area (TPSA) is 91.2 Å². The summed E-state index contributed by atoms with van der Waals surface area (Å²) in [7, 11) is 0. The van der Waals surface area contributed by atoms with E-state index in [0.717, 1.165) is 5.56 Å². The summed E-state index contributed by atoms with van der Waals surface area (Å²) >= 11 is 5.96. The zero-order valence-corrected chi connectivity index (χ0v) is 15.2. The van der Waals surface area contributed by atoms with Crippen LogP contribution in [0.15, 0.2) is 48.5 Å². The fourth-order valence-electron chi connectivity index (χ4n) is 2.81. The Balaban J connectivity index is 1.40. The average molecular weight is 384 g/mol. The molecule has 138 valence electrons. The van der Waals surface area contributed by atoms with Gasteiger partial charge in [-0.15, -0.1) is 0 Å². The van der Waals surface area contributed by atoms with Gasteiger partial charge >= 0.3 is 6.09 Å². The first kappa shape index (κ1) is 18.7. The first-order valence-corrected chi connectivity index (χ1v) is 8.90. The van der Waals surface area contributed by atoms with E-state index < -0.39 is 6.09 Å². The molecule has 2 aromatic carbocycles. The van der Waals surface area contributed by atoms with Crippen LogP contribution in [0.4, 0.5) is 10.5 Å². The van der Waals surface area contributed by atoms with Crippen LogP contribution in [0.1, 0.15) is 24.0 Å². The molecule has 0 atom stereocenters. The van der Waals surface area contributed by atoms with Crippen LogP contribution in [0, 0.1) is 17.2 Å². The van der Waals surface area contributed by atoms with Crippen LogP contribution >= 0.6 is 11.6 Å². The van der Waals surface area contributed by atoms with Crippen LogP contribution in [-0.2, 0) is 16.1 Å². The number of alkyl carbamates (subject to hydrolysis) is 1. The van der Waals surface area contributed by atoms with Gasteiger partial charge in [-0.05, 0) is 36.6 Å². The predicted molar refractivity (Wildman–Crippen MR) is 101 cm³/mol.